The second kappa shape index (κ2) is 32.9. The molecule has 0 saturated heterocycles. The van der Waals surface area contributed by atoms with Gasteiger partial charge in [-0.05, 0) is 287 Å². The average molecular weight is 1640 g/mol. The minimum Gasteiger partial charge on any atom is -0.310 e. The summed E-state index contributed by atoms with van der Waals surface area (Å²) >= 11 is 0. The number of fused-ring (bicyclic) bond motifs is 12. The summed E-state index contributed by atoms with van der Waals surface area (Å²) in [4.78, 5) is 11.7. The zero-order valence-electron chi connectivity index (χ0n) is 70.1. The van der Waals surface area contributed by atoms with Gasteiger partial charge in [-0.25, -0.2) is 0 Å². The molecule has 0 unspecified atom stereocenters. The monoisotopic (exact) mass is 1640 g/mol. The van der Waals surface area contributed by atoms with E-state index >= 15 is 0 Å². The Morgan fingerprint density at radius 1 is 0.109 bits per heavy atom. The minimum absolute atomic E-state index is 1.04. The van der Waals surface area contributed by atoms with Gasteiger partial charge in [-0.2, -0.15) is 0 Å². The van der Waals surface area contributed by atoms with E-state index in [1.165, 1.54) is 97.7 Å². The van der Waals surface area contributed by atoms with Crippen LogP contribution in [0.5, 0.6) is 0 Å². The molecule has 8 heteroatoms. The van der Waals surface area contributed by atoms with Gasteiger partial charge < -0.3 is 38.2 Å². The van der Waals surface area contributed by atoms with Crippen LogP contribution in [0.3, 0.4) is 0 Å². The van der Waals surface area contributed by atoms with Gasteiger partial charge >= 0.3 is 0 Å². The topological polar surface area (TPSA) is 31.0 Å². The number of aromatic nitrogens is 3. The highest BCUT2D eigenvalue weighted by Gasteiger charge is 2.24. The Morgan fingerprint density at radius 3 is 0.469 bits per heavy atom. The molecule has 0 atom stereocenters. The van der Waals surface area contributed by atoms with Crippen LogP contribution in [0, 0.1) is 0 Å². The van der Waals surface area contributed by atoms with Crippen molar-refractivity contribution >= 4 is 183 Å². The van der Waals surface area contributed by atoms with E-state index in [2.05, 4.69) is 548 Å². The minimum atomic E-state index is 1.04. The summed E-state index contributed by atoms with van der Waals surface area (Å²) in [6, 6.07) is 184. The molecule has 0 saturated carbocycles. The van der Waals surface area contributed by atoms with Gasteiger partial charge in [-0.15, -0.1) is 0 Å². The van der Waals surface area contributed by atoms with Gasteiger partial charge in [0.2, 0.25) is 0 Å². The van der Waals surface area contributed by atoms with Crippen molar-refractivity contribution in [3.8, 4) is 17.1 Å². The first-order chi connectivity index (χ1) is 63.5. The largest absolute Gasteiger partial charge is 0.310 e. The Balaban J connectivity index is 0.000000149. The molecular weight excluding hydrogens is 1550 g/mol. The molecule has 604 valence electrons. The van der Waals surface area contributed by atoms with E-state index in [1.807, 2.05) is 0 Å². The average Bonchev–Trinajstić information content (AvgIpc) is 1.43. The van der Waals surface area contributed by atoms with Crippen molar-refractivity contribution in [2.75, 3.05) is 24.5 Å². The number of hydrogen-bond donors (Lipinski definition) is 0. The van der Waals surface area contributed by atoms with E-state index in [-0.39, 0.29) is 0 Å². The van der Waals surface area contributed by atoms with E-state index in [0.717, 1.165) is 102 Å². The fraction of sp³-hybridized carbons (Fsp3) is 0. The Labute approximate surface area is 742 Å². The van der Waals surface area contributed by atoms with Crippen LogP contribution in [-0.4, -0.2) is 13.7 Å². The lowest BCUT2D eigenvalue weighted by Gasteiger charge is -2.30. The van der Waals surface area contributed by atoms with Gasteiger partial charge in [-0.3, -0.25) is 0 Å². The van der Waals surface area contributed by atoms with Crippen molar-refractivity contribution in [2.24, 2.45) is 0 Å². The van der Waals surface area contributed by atoms with Gasteiger partial charge in [0.25, 0.3) is 0 Å². The molecule has 0 N–H and O–H groups in total. The predicted octanol–water partition coefficient (Wildman–Crippen LogP) is 33.5. The van der Waals surface area contributed by atoms with Crippen LogP contribution in [0.1, 0.15) is 0 Å². The first-order valence-electron chi connectivity index (χ1n) is 43.7. The smallest absolute Gasteiger partial charge is 0.0541 e. The maximum Gasteiger partial charge on any atom is 0.0541 e. The molecule has 0 radical (unpaired) electrons. The maximum atomic E-state index is 2.37. The molecule has 21 aromatic carbocycles. The molecular formula is C120H84N8. The van der Waals surface area contributed by atoms with Crippen LogP contribution in [-0.2, 0) is 0 Å². The van der Waals surface area contributed by atoms with Gasteiger partial charge in [0, 0.05) is 135 Å². The lowest BCUT2D eigenvalue weighted by Crippen LogP contribution is -2.14. The Kier molecular flexibility index (Phi) is 19.5. The van der Waals surface area contributed by atoms with Crippen molar-refractivity contribution in [1.82, 2.24) is 13.7 Å². The van der Waals surface area contributed by atoms with Crippen LogP contribution in [0.2, 0.25) is 0 Å². The molecule has 0 amide bonds. The van der Waals surface area contributed by atoms with Crippen molar-refractivity contribution < 1.29 is 0 Å². The maximum absolute atomic E-state index is 2.37. The standard InChI is InChI=1S/C66H48N4.C54H36N4/c1-4-22-55(23-5-1)68(64-31-28-49-16-10-13-19-52(49)46-64)61-40-34-58(35-41-61)67(59-36-42-62(43-37-59)69(56-24-6-2-7-25-56)65-32-29-50-17-11-14-20-53(50)47-65)60-38-44-63(45-39-60)70(57-26-8-3-9-27-57)66-33-30-51-18-12-15-21-54(51)48-66;1-7-19-49-43(13-1)44-14-2-8-20-50(44)56(49)40-31-25-37(26-32-40)55(38-27-33-41(34-28-38)57-51-21-9-3-15-45(51)46-16-4-10-22-52(46)57)39-29-35-42(36-30-39)58-53-23-11-5-17-47(53)48-18-6-12-24-54(48)58/h1-48H;1-36H. The first-order valence-corrected chi connectivity index (χ1v) is 43.7. The predicted molar refractivity (Wildman–Crippen MR) is 542 cm³/mol. The molecule has 128 heavy (non-hydrogen) atoms. The molecule has 0 aliphatic heterocycles. The number of anilines is 15. The summed E-state index contributed by atoms with van der Waals surface area (Å²) in [6.07, 6.45) is 0. The second-order valence-electron chi connectivity index (χ2n) is 32.5. The summed E-state index contributed by atoms with van der Waals surface area (Å²) in [5, 5.41) is 14.8. The van der Waals surface area contributed by atoms with Gasteiger partial charge in [0.1, 0.15) is 0 Å². The quantitative estimate of drug-likeness (QED) is 0.0855. The number of nitrogens with zero attached hydrogens (tertiary/aromatic N) is 8. The van der Waals surface area contributed by atoms with E-state index in [1.54, 1.807) is 0 Å². The third-order valence-electron chi connectivity index (χ3n) is 25.0. The Morgan fingerprint density at radius 2 is 0.258 bits per heavy atom. The molecule has 3 aromatic heterocycles. The van der Waals surface area contributed by atoms with Crippen LogP contribution >= 0.6 is 0 Å². The van der Waals surface area contributed by atoms with Crippen LogP contribution in [0.25, 0.3) is 115 Å². The zero-order valence-corrected chi connectivity index (χ0v) is 70.1. The molecule has 3 heterocycles. The van der Waals surface area contributed by atoms with E-state index in [0.29, 0.717) is 0 Å². The Hall–Kier alpha value is -17.2. The van der Waals surface area contributed by atoms with Gasteiger partial charge in [0.05, 0.1) is 33.1 Å². The lowest BCUT2D eigenvalue weighted by atomic mass is 10.1. The highest BCUT2D eigenvalue weighted by atomic mass is 15.2. The number of rotatable bonds is 18. The fourth-order valence-corrected chi connectivity index (χ4v) is 19.0. The SMILES string of the molecule is c1ccc(N(c2ccc(N(c3ccc(N(c4ccccc4)c4ccc5ccccc5c4)cc3)c3ccc(N(c4ccccc4)c4ccc5ccccc5c4)cc3)cc2)c2ccc3ccccc3c2)cc1.c1ccc2c(c1)c1ccccc1n2-c1ccc(N(c2ccc(-n3c4ccccc4c4ccccc43)cc2)c2ccc(-n3c4ccccc4c4ccccc43)cc2)cc1. The van der Waals surface area contributed by atoms with Gasteiger partial charge in [0.15, 0.2) is 0 Å². The molecule has 8 nitrogen and oxygen atoms in total. The van der Waals surface area contributed by atoms with Gasteiger partial charge in [-0.1, -0.05) is 255 Å². The first kappa shape index (κ1) is 75.7. The van der Waals surface area contributed by atoms with Crippen LogP contribution in [0.4, 0.5) is 85.3 Å². The lowest BCUT2D eigenvalue weighted by molar-refractivity contribution is 1.16. The van der Waals surface area contributed by atoms with E-state index in [4.69, 9.17) is 0 Å². The normalized spacial score (nSPS) is 11.4. The molecule has 0 bridgehead atoms. The number of para-hydroxylation sites is 9. The number of benzene rings is 21. The summed E-state index contributed by atoms with van der Waals surface area (Å²) in [7, 11) is 0. The second-order valence-corrected chi connectivity index (χ2v) is 32.5. The molecule has 24 rings (SSSR count). The summed E-state index contributed by atoms with van der Waals surface area (Å²) in [5.41, 5.74) is 26.8. The third kappa shape index (κ3) is 14.0. The fourth-order valence-electron chi connectivity index (χ4n) is 19.0. The summed E-state index contributed by atoms with van der Waals surface area (Å²) < 4.78 is 7.12. The van der Waals surface area contributed by atoms with Crippen molar-refractivity contribution in [2.45, 2.75) is 0 Å². The molecule has 0 fully saturated rings. The summed E-state index contributed by atoms with van der Waals surface area (Å²) in [6.45, 7) is 0. The highest BCUT2D eigenvalue weighted by molar-refractivity contribution is 6.12. The molecule has 24 aromatic rings. The van der Waals surface area contributed by atoms with Crippen molar-refractivity contribution in [3.63, 3.8) is 0 Å². The Bertz CT molecular complexity index is 7240. The van der Waals surface area contributed by atoms with Crippen molar-refractivity contribution in [3.05, 3.63) is 510 Å². The van der Waals surface area contributed by atoms with Crippen LogP contribution in [0.15, 0.2) is 510 Å². The highest BCUT2D eigenvalue weighted by Crippen LogP contribution is 2.47. The molecule has 0 aliphatic carbocycles. The number of hydrogen-bond acceptors (Lipinski definition) is 5. The zero-order chi connectivity index (χ0) is 84.8. The molecule has 0 aliphatic rings. The molecule has 0 spiro atoms. The van der Waals surface area contributed by atoms with E-state index in [9.17, 15) is 0 Å². The van der Waals surface area contributed by atoms with Crippen LogP contribution < -0.4 is 24.5 Å². The third-order valence-corrected chi connectivity index (χ3v) is 25.0. The summed E-state index contributed by atoms with van der Waals surface area (Å²) in [5.74, 6) is 0. The van der Waals surface area contributed by atoms with Crippen molar-refractivity contribution in [1.29, 1.82) is 0 Å². The van der Waals surface area contributed by atoms with E-state index < -0.39 is 0 Å².